The summed E-state index contributed by atoms with van der Waals surface area (Å²) < 4.78 is 0. The lowest BCUT2D eigenvalue weighted by molar-refractivity contribution is -0.117. The molecule has 1 unspecified atom stereocenters. The maximum Gasteiger partial charge on any atom is 0.273 e. The van der Waals surface area contributed by atoms with Gasteiger partial charge in [-0.2, -0.15) is 4.98 Å². The van der Waals surface area contributed by atoms with Gasteiger partial charge in [0.25, 0.3) is 5.91 Å². The molecule has 10 nitrogen and oxygen atoms in total. The lowest BCUT2D eigenvalue weighted by Gasteiger charge is -2.38. The number of carbonyl (C=O) groups excluding carboxylic acids is 2. The van der Waals surface area contributed by atoms with Gasteiger partial charge in [-0.25, -0.2) is 0 Å². The number of amides is 2. The number of anilines is 3. The minimum Gasteiger partial charge on any atom is -0.364 e. The molecule has 3 atom stereocenters. The minimum atomic E-state index is -0.700. The van der Waals surface area contributed by atoms with Crippen molar-refractivity contribution in [3.05, 3.63) is 48.2 Å². The first-order chi connectivity index (χ1) is 17.6. The van der Waals surface area contributed by atoms with Crippen LogP contribution in [0, 0.1) is 5.92 Å². The molecule has 1 aliphatic carbocycles. The summed E-state index contributed by atoms with van der Waals surface area (Å²) in [6, 6.07) is 8.41. The van der Waals surface area contributed by atoms with Gasteiger partial charge in [-0.3, -0.25) is 9.59 Å². The molecule has 1 saturated carbocycles. The van der Waals surface area contributed by atoms with Gasteiger partial charge >= 0.3 is 0 Å². The Kier molecular flexibility index (Phi) is 7.77. The van der Waals surface area contributed by atoms with E-state index in [1.54, 1.807) is 0 Å². The summed E-state index contributed by atoms with van der Waals surface area (Å²) in [4.78, 5) is 32.8. The number of hydrogen-bond acceptors (Lipinski definition) is 8. The number of nitrogens with two attached hydrogens (primary N) is 1. The Morgan fingerprint density at radius 2 is 1.86 bits per heavy atom. The second-order valence-electron chi connectivity index (χ2n) is 10.7. The summed E-state index contributed by atoms with van der Waals surface area (Å²) in [5.74, 6) is -0.0572. The number of primary amides is 1. The monoisotopic (exact) mass is 506 g/mol. The number of likely N-dealkylation sites (tertiary alicyclic amines) is 1. The zero-order valence-corrected chi connectivity index (χ0v) is 22.2. The first-order valence-corrected chi connectivity index (χ1v) is 12.9. The number of rotatable bonds is 8. The third-order valence-corrected chi connectivity index (χ3v) is 8.19. The number of nitrogens with one attached hydrogen (secondary N) is 2. The van der Waals surface area contributed by atoms with E-state index < -0.39 is 5.91 Å². The SMILES string of the molecule is C=CC(=O)NC1CC[C@@H](N(C)c2nnc(C(N)=O)c(Nc3ccc(C4(C)CCN(C)CC4)cc3)n2)[C@H]1C. The standard InChI is InChI=1S/C27H38N8O2/c1-6-22(36)30-20-11-12-21(17(20)2)35(5)26-31-25(23(24(28)37)32-33-26)29-19-9-7-18(8-10-19)27(3)13-15-34(4)16-14-27/h6-10,17,20-21H,1,11-16H2,2-5H3,(H2,28,37)(H,30,36)(H,29,31,33)/t17-,20?,21+/m0/s1. The predicted molar refractivity (Wildman–Crippen MR) is 145 cm³/mol. The van der Waals surface area contributed by atoms with Crippen LogP contribution in [0.3, 0.4) is 0 Å². The van der Waals surface area contributed by atoms with Gasteiger partial charge in [-0.15, -0.1) is 10.2 Å². The number of hydrogen-bond donors (Lipinski definition) is 3. The van der Waals surface area contributed by atoms with Crippen molar-refractivity contribution in [1.29, 1.82) is 0 Å². The Balaban J connectivity index is 1.52. The highest BCUT2D eigenvalue weighted by Gasteiger charge is 2.37. The van der Waals surface area contributed by atoms with Gasteiger partial charge in [0.1, 0.15) is 0 Å². The van der Waals surface area contributed by atoms with Crippen molar-refractivity contribution in [3.8, 4) is 0 Å². The fraction of sp³-hybridized carbons (Fsp3) is 0.519. The maximum atomic E-state index is 12.1. The van der Waals surface area contributed by atoms with Gasteiger partial charge in [0, 0.05) is 24.8 Å². The summed E-state index contributed by atoms with van der Waals surface area (Å²) in [7, 11) is 4.07. The highest BCUT2D eigenvalue weighted by Crippen LogP contribution is 2.36. The molecule has 2 fully saturated rings. The van der Waals surface area contributed by atoms with E-state index in [0.29, 0.717) is 5.95 Å². The maximum absolute atomic E-state index is 12.1. The largest absolute Gasteiger partial charge is 0.364 e. The Morgan fingerprint density at radius 3 is 2.49 bits per heavy atom. The minimum absolute atomic E-state index is 0.0147. The summed E-state index contributed by atoms with van der Waals surface area (Å²) in [6.07, 6.45) is 5.23. The topological polar surface area (TPSA) is 129 Å². The molecule has 37 heavy (non-hydrogen) atoms. The highest BCUT2D eigenvalue weighted by molar-refractivity contribution is 5.96. The Labute approximate surface area is 218 Å². The fourth-order valence-electron chi connectivity index (χ4n) is 5.50. The molecule has 1 aliphatic heterocycles. The highest BCUT2D eigenvalue weighted by atomic mass is 16.2. The molecule has 198 valence electrons. The Hall–Kier alpha value is -3.53. The van der Waals surface area contributed by atoms with E-state index in [4.69, 9.17) is 5.73 Å². The van der Waals surface area contributed by atoms with E-state index >= 15 is 0 Å². The van der Waals surface area contributed by atoms with Crippen LogP contribution in [0.15, 0.2) is 36.9 Å². The van der Waals surface area contributed by atoms with Crippen LogP contribution in [0.25, 0.3) is 0 Å². The average Bonchev–Trinajstić information content (AvgIpc) is 3.25. The normalized spacial score (nSPS) is 23.3. The first-order valence-electron chi connectivity index (χ1n) is 12.9. The van der Waals surface area contributed by atoms with Gasteiger partial charge in [-0.05, 0) is 80.9 Å². The first kappa shape index (κ1) is 26.5. The Morgan fingerprint density at radius 1 is 1.19 bits per heavy atom. The van der Waals surface area contributed by atoms with E-state index in [1.165, 1.54) is 11.6 Å². The zero-order valence-electron chi connectivity index (χ0n) is 22.2. The van der Waals surface area contributed by atoms with Gasteiger partial charge in [-0.1, -0.05) is 32.6 Å². The van der Waals surface area contributed by atoms with E-state index in [9.17, 15) is 9.59 Å². The molecule has 4 rings (SSSR count). The molecule has 0 radical (unpaired) electrons. The van der Waals surface area contributed by atoms with Crippen LogP contribution < -0.4 is 21.3 Å². The molecule has 2 aliphatic rings. The molecule has 2 heterocycles. The van der Waals surface area contributed by atoms with Gasteiger partial charge in [0.05, 0.1) is 0 Å². The van der Waals surface area contributed by atoms with Gasteiger partial charge < -0.3 is 26.2 Å². The van der Waals surface area contributed by atoms with Gasteiger partial charge in [0.15, 0.2) is 11.5 Å². The second-order valence-corrected chi connectivity index (χ2v) is 10.7. The molecule has 0 spiro atoms. The van der Waals surface area contributed by atoms with Crippen molar-refractivity contribution in [2.24, 2.45) is 11.7 Å². The van der Waals surface area contributed by atoms with Crippen molar-refractivity contribution in [2.75, 3.05) is 37.4 Å². The molecular formula is C27H38N8O2. The van der Waals surface area contributed by atoms with Crippen molar-refractivity contribution in [2.45, 2.75) is 57.0 Å². The molecular weight excluding hydrogens is 468 g/mol. The second kappa shape index (κ2) is 10.8. The van der Waals surface area contributed by atoms with Crippen LogP contribution >= 0.6 is 0 Å². The van der Waals surface area contributed by atoms with E-state index in [-0.39, 0.29) is 40.8 Å². The molecule has 2 amide bonds. The zero-order chi connectivity index (χ0) is 26.7. The van der Waals surface area contributed by atoms with Crippen molar-refractivity contribution < 1.29 is 9.59 Å². The molecule has 1 saturated heterocycles. The van der Waals surface area contributed by atoms with Crippen LogP contribution in [0.4, 0.5) is 17.5 Å². The fourth-order valence-corrected chi connectivity index (χ4v) is 5.50. The lowest BCUT2D eigenvalue weighted by atomic mass is 9.74. The number of carbonyl (C=O) groups is 2. The predicted octanol–water partition coefficient (Wildman–Crippen LogP) is 2.60. The number of aromatic nitrogens is 3. The van der Waals surface area contributed by atoms with Crippen LogP contribution in [0.5, 0.6) is 0 Å². The van der Waals surface area contributed by atoms with Crippen LogP contribution in [-0.4, -0.2) is 71.2 Å². The summed E-state index contributed by atoms with van der Waals surface area (Å²) >= 11 is 0. The summed E-state index contributed by atoms with van der Waals surface area (Å²) in [5.41, 5.74) is 7.81. The van der Waals surface area contributed by atoms with E-state index in [0.717, 1.165) is 44.5 Å². The molecule has 1 aromatic carbocycles. The Bertz CT molecular complexity index is 1140. The van der Waals surface area contributed by atoms with Crippen LogP contribution in [-0.2, 0) is 10.2 Å². The van der Waals surface area contributed by atoms with Crippen molar-refractivity contribution in [1.82, 2.24) is 25.4 Å². The van der Waals surface area contributed by atoms with Crippen LogP contribution in [0.1, 0.15) is 55.6 Å². The van der Waals surface area contributed by atoms with Crippen LogP contribution in [0.2, 0.25) is 0 Å². The smallest absolute Gasteiger partial charge is 0.273 e. The molecule has 4 N–H and O–H groups in total. The molecule has 2 aromatic rings. The van der Waals surface area contributed by atoms with Crippen molar-refractivity contribution >= 4 is 29.3 Å². The average molecular weight is 507 g/mol. The van der Waals surface area contributed by atoms with E-state index in [2.05, 4.69) is 70.3 Å². The molecule has 0 bridgehead atoms. The third kappa shape index (κ3) is 5.74. The number of nitrogens with zero attached hydrogens (tertiary/aromatic N) is 5. The lowest BCUT2D eigenvalue weighted by Crippen LogP contribution is -2.42. The summed E-state index contributed by atoms with van der Waals surface area (Å²) in [6.45, 7) is 10.1. The molecule has 1 aromatic heterocycles. The third-order valence-electron chi connectivity index (χ3n) is 8.19. The number of piperidine rings is 1. The number of benzene rings is 1. The van der Waals surface area contributed by atoms with Gasteiger partial charge in [0.2, 0.25) is 11.9 Å². The molecule has 10 heteroatoms. The quantitative estimate of drug-likeness (QED) is 0.466. The summed E-state index contributed by atoms with van der Waals surface area (Å²) in [5, 5.41) is 14.5. The van der Waals surface area contributed by atoms with E-state index in [1.807, 2.05) is 24.1 Å². The van der Waals surface area contributed by atoms with Crippen molar-refractivity contribution in [3.63, 3.8) is 0 Å².